The Morgan fingerprint density at radius 1 is 0.615 bits per heavy atom. The fraction of sp³-hybridized carbons (Fsp3) is 1.00. The van der Waals surface area contributed by atoms with Gasteiger partial charge in [-0.1, -0.05) is 97.3 Å². The van der Waals surface area contributed by atoms with Gasteiger partial charge in [-0.25, -0.2) is 0 Å². The summed E-state index contributed by atoms with van der Waals surface area (Å²) in [6, 6.07) is 0. The lowest BCUT2D eigenvalue weighted by atomic mass is 10.0. The van der Waals surface area contributed by atoms with Crippen LogP contribution in [0.1, 0.15) is 123 Å². The van der Waals surface area contributed by atoms with Crippen molar-refractivity contribution in [3.63, 3.8) is 0 Å². The quantitative estimate of drug-likeness (QED) is 0.200. The minimum absolute atomic E-state index is 0.108. The van der Waals surface area contributed by atoms with Crippen LogP contribution < -0.4 is 0 Å². The summed E-state index contributed by atoms with van der Waals surface area (Å²) in [5.74, 6) is 0. The van der Waals surface area contributed by atoms with Gasteiger partial charge in [0.15, 0.2) is 0 Å². The Morgan fingerprint density at radius 2 is 1.00 bits per heavy atom. The van der Waals surface area contributed by atoms with Gasteiger partial charge in [-0.05, 0) is 25.7 Å². The minimum Gasteiger partial charge on any atom is -0.393 e. The predicted octanol–water partition coefficient (Wildman–Crippen LogP) is 6.28. The van der Waals surface area contributed by atoms with E-state index in [1.54, 1.807) is 0 Å². The van der Waals surface area contributed by atoms with Crippen molar-refractivity contribution in [1.29, 1.82) is 0 Å². The molecule has 0 spiro atoms. The highest BCUT2D eigenvalue weighted by molar-refractivity contribution is 7.86. The SMILES string of the molecule is CCCCCC(CCCCCCCCCCC(O)CCCC)S(=O)(=O)O. The highest BCUT2D eigenvalue weighted by atomic mass is 32.2. The number of aliphatic hydroxyl groups is 1. The molecule has 0 amide bonds. The van der Waals surface area contributed by atoms with Gasteiger partial charge in [-0.2, -0.15) is 8.42 Å². The van der Waals surface area contributed by atoms with E-state index >= 15 is 0 Å². The van der Waals surface area contributed by atoms with Crippen molar-refractivity contribution in [2.75, 3.05) is 0 Å². The van der Waals surface area contributed by atoms with Crippen LogP contribution in [0.4, 0.5) is 0 Å². The fourth-order valence-electron chi connectivity index (χ4n) is 3.46. The molecule has 0 fully saturated rings. The molecule has 0 aromatic heterocycles. The Morgan fingerprint density at radius 3 is 1.46 bits per heavy atom. The number of hydrogen-bond donors (Lipinski definition) is 2. The van der Waals surface area contributed by atoms with Crippen LogP contribution in [-0.4, -0.2) is 29.4 Å². The monoisotopic (exact) mass is 392 g/mol. The molecule has 26 heavy (non-hydrogen) atoms. The molecule has 0 saturated carbocycles. The van der Waals surface area contributed by atoms with Crippen LogP contribution in [0, 0.1) is 0 Å². The van der Waals surface area contributed by atoms with E-state index in [9.17, 15) is 18.1 Å². The number of aliphatic hydroxyl groups excluding tert-OH is 1. The summed E-state index contributed by atoms with van der Waals surface area (Å²) in [7, 11) is -3.89. The van der Waals surface area contributed by atoms with Crippen LogP contribution in [0.5, 0.6) is 0 Å². The fourth-order valence-corrected chi connectivity index (χ4v) is 4.39. The zero-order valence-electron chi connectivity index (χ0n) is 17.3. The van der Waals surface area contributed by atoms with E-state index in [2.05, 4.69) is 13.8 Å². The molecule has 0 heterocycles. The molecule has 5 heteroatoms. The third-order valence-corrected chi connectivity index (χ3v) is 6.57. The highest BCUT2D eigenvalue weighted by Gasteiger charge is 2.21. The van der Waals surface area contributed by atoms with Crippen molar-refractivity contribution in [3.8, 4) is 0 Å². The summed E-state index contributed by atoms with van der Waals surface area (Å²) in [5, 5.41) is 9.23. The van der Waals surface area contributed by atoms with Gasteiger partial charge < -0.3 is 5.11 Å². The summed E-state index contributed by atoms with van der Waals surface area (Å²) in [6.07, 6.45) is 17.3. The van der Waals surface area contributed by atoms with Crippen LogP contribution in [-0.2, 0) is 10.1 Å². The van der Waals surface area contributed by atoms with E-state index in [4.69, 9.17) is 0 Å². The minimum atomic E-state index is -3.89. The molecular weight excluding hydrogens is 348 g/mol. The maximum absolute atomic E-state index is 11.4. The molecule has 4 nitrogen and oxygen atoms in total. The Kier molecular flexibility index (Phi) is 16.9. The zero-order chi connectivity index (χ0) is 19.7. The third-order valence-electron chi connectivity index (χ3n) is 5.26. The second-order valence-electron chi connectivity index (χ2n) is 7.83. The van der Waals surface area contributed by atoms with E-state index in [0.717, 1.165) is 70.6 Å². The lowest BCUT2D eigenvalue weighted by Gasteiger charge is -2.13. The maximum atomic E-state index is 11.4. The van der Waals surface area contributed by atoms with Crippen molar-refractivity contribution in [2.24, 2.45) is 0 Å². The van der Waals surface area contributed by atoms with Gasteiger partial charge in [-0.15, -0.1) is 0 Å². The lowest BCUT2D eigenvalue weighted by molar-refractivity contribution is 0.148. The molecule has 2 unspecified atom stereocenters. The molecule has 0 rings (SSSR count). The van der Waals surface area contributed by atoms with E-state index in [0.29, 0.717) is 12.8 Å². The molecule has 2 atom stereocenters. The van der Waals surface area contributed by atoms with Crippen LogP contribution in [0.3, 0.4) is 0 Å². The van der Waals surface area contributed by atoms with Gasteiger partial charge >= 0.3 is 0 Å². The number of unbranched alkanes of at least 4 members (excludes halogenated alkanes) is 10. The van der Waals surface area contributed by atoms with Crippen molar-refractivity contribution in [1.82, 2.24) is 0 Å². The summed E-state index contributed by atoms with van der Waals surface area (Å²) in [4.78, 5) is 0. The standard InChI is InChI=1S/C21H44O4S/c1-3-5-13-18-21(26(23,24)25)19-15-12-10-8-7-9-11-14-17-20(22)16-6-4-2/h20-22H,3-19H2,1-2H3,(H,23,24,25). The van der Waals surface area contributed by atoms with Gasteiger partial charge in [0.05, 0.1) is 11.4 Å². The first kappa shape index (κ1) is 25.9. The van der Waals surface area contributed by atoms with Gasteiger partial charge in [0.25, 0.3) is 10.1 Å². The van der Waals surface area contributed by atoms with E-state index < -0.39 is 15.4 Å². The summed E-state index contributed by atoms with van der Waals surface area (Å²) in [6.45, 7) is 4.25. The smallest absolute Gasteiger partial charge is 0.267 e. The second-order valence-corrected chi connectivity index (χ2v) is 9.53. The third kappa shape index (κ3) is 16.1. The van der Waals surface area contributed by atoms with Crippen LogP contribution in [0.15, 0.2) is 0 Å². The molecule has 0 bridgehead atoms. The van der Waals surface area contributed by atoms with E-state index in [1.165, 1.54) is 25.7 Å². The lowest BCUT2D eigenvalue weighted by Crippen LogP contribution is -2.20. The van der Waals surface area contributed by atoms with Crippen LogP contribution >= 0.6 is 0 Å². The molecule has 0 radical (unpaired) electrons. The normalized spacial score (nSPS) is 14.5. The van der Waals surface area contributed by atoms with Crippen molar-refractivity contribution in [3.05, 3.63) is 0 Å². The summed E-state index contributed by atoms with van der Waals surface area (Å²) >= 11 is 0. The average molecular weight is 393 g/mol. The largest absolute Gasteiger partial charge is 0.393 e. The number of hydrogen-bond acceptors (Lipinski definition) is 3. The Labute approximate surface area is 162 Å². The number of rotatable bonds is 19. The van der Waals surface area contributed by atoms with Gasteiger partial charge in [0.2, 0.25) is 0 Å². The van der Waals surface area contributed by atoms with Crippen molar-refractivity contribution in [2.45, 2.75) is 134 Å². The molecule has 0 aliphatic rings. The van der Waals surface area contributed by atoms with Gasteiger partial charge in [0, 0.05) is 0 Å². The Balaban J connectivity index is 3.55. The molecule has 0 saturated heterocycles. The summed E-state index contributed by atoms with van der Waals surface area (Å²) < 4.78 is 32.2. The Hall–Kier alpha value is -0.130. The Bertz CT molecular complexity index is 395. The average Bonchev–Trinajstić information content (AvgIpc) is 2.59. The van der Waals surface area contributed by atoms with E-state index in [-0.39, 0.29) is 6.10 Å². The zero-order valence-corrected chi connectivity index (χ0v) is 18.1. The molecule has 0 aromatic rings. The highest BCUT2D eigenvalue weighted by Crippen LogP contribution is 2.19. The topological polar surface area (TPSA) is 74.6 Å². The molecule has 0 aliphatic carbocycles. The first-order chi connectivity index (χ1) is 12.4. The maximum Gasteiger partial charge on any atom is 0.267 e. The van der Waals surface area contributed by atoms with E-state index in [1.807, 2.05) is 0 Å². The molecule has 158 valence electrons. The van der Waals surface area contributed by atoms with Crippen LogP contribution in [0.25, 0.3) is 0 Å². The van der Waals surface area contributed by atoms with Gasteiger partial charge in [-0.3, -0.25) is 4.55 Å². The predicted molar refractivity (Wildman–Crippen MR) is 111 cm³/mol. The first-order valence-electron chi connectivity index (χ1n) is 11.1. The van der Waals surface area contributed by atoms with Crippen molar-refractivity contribution >= 4 is 10.1 Å². The van der Waals surface area contributed by atoms with Gasteiger partial charge in [0.1, 0.15) is 0 Å². The molecule has 2 N–H and O–H groups in total. The summed E-state index contributed by atoms with van der Waals surface area (Å²) in [5.41, 5.74) is 0. The second kappa shape index (κ2) is 17.0. The molecular formula is C21H44O4S. The molecule has 0 aromatic carbocycles. The first-order valence-corrected chi connectivity index (χ1v) is 12.6. The molecule has 0 aliphatic heterocycles. The van der Waals surface area contributed by atoms with Crippen LogP contribution in [0.2, 0.25) is 0 Å². The van der Waals surface area contributed by atoms with Crippen molar-refractivity contribution < 1.29 is 18.1 Å².